The first-order chi connectivity index (χ1) is 12.4. The highest BCUT2D eigenvalue weighted by molar-refractivity contribution is 5.19. The first kappa shape index (κ1) is 15.5. The number of nitrogens with one attached hydrogen (secondary N) is 1. The summed E-state index contributed by atoms with van der Waals surface area (Å²) in [4.78, 5) is 0. The van der Waals surface area contributed by atoms with Crippen LogP contribution >= 0.6 is 0 Å². The molecule has 0 radical (unpaired) electrons. The van der Waals surface area contributed by atoms with Gasteiger partial charge in [-0.1, -0.05) is 60.7 Å². The predicted octanol–water partition coefficient (Wildman–Crippen LogP) is 2.56. The van der Waals surface area contributed by atoms with Gasteiger partial charge in [-0.2, -0.15) is 0 Å². The Morgan fingerprint density at radius 2 is 1.08 bits per heavy atom. The molecule has 25 heavy (non-hydrogen) atoms. The van der Waals surface area contributed by atoms with E-state index in [1.165, 1.54) is 0 Å². The Labute approximate surface area is 146 Å². The summed E-state index contributed by atoms with van der Waals surface area (Å²) < 4.78 is 24.4. The summed E-state index contributed by atoms with van der Waals surface area (Å²) in [5.41, 5.74) is 2.08. The molecule has 5 rings (SSSR count). The fourth-order valence-corrected chi connectivity index (χ4v) is 3.87. The van der Waals surface area contributed by atoms with Gasteiger partial charge in [0.25, 0.3) is 0 Å². The number of fused-ring (bicyclic) bond motifs is 3. The van der Waals surface area contributed by atoms with Gasteiger partial charge in [0, 0.05) is 11.1 Å². The summed E-state index contributed by atoms with van der Waals surface area (Å²) in [5.74, 6) is 0. The predicted molar refractivity (Wildman–Crippen MR) is 90.7 cm³/mol. The van der Waals surface area contributed by atoms with Crippen LogP contribution in [0.3, 0.4) is 0 Å². The third kappa shape index (κ3) is 2.88. The topological polar surface area (TPSA) is 49.0 Å². The van der Waals surface area contributed by atoms with Crippen LogP contribution in [0.5, 0.6) is 0 Å². The van der Waals surface area contributed by atoms with Crippen molar-refractivity contribution < 1.29 is 18.9 Å². The first-order valence-corrected chi connectivity index (χ1v) is 8.78. The number of hydrogen-bond acceptors (Lipinski definition) is 5. The summed E-state index contributed by atoms with van der Waals surface area (Å²) >= 11 is 0. The van der Waals surface area contributed by atoms with Gasteiger partial charge < -0.3 is 24.3 Å². The van der Waals surface area contributed by atoms with Crippen LogP contribution in [0.2, 0.25) is 0 Å². The van der Waals surface area contributed by atoms with E-state index in [4.69, 9.17) is 18.9 Å². The number of rotatable bonds is 2. The maximum absolute atomic E-state index is 6.28. The molecule has 3 fully saturated rings. The Morgan fingerprint density at radius 1 is 0.640 bits per heavy atom. The standard InChI is InChI=1S/C20H21NO4/c1-3-7-13(8-4-1)19-22-11-15-17(24-19)18-16(21-15)12-23-20(25-18)14-9-5-2-6-10-14/h1-10,15-21H,11-12H2/t15-,16-,17+,18+,19?,20?/m1/s1. The molecule has 5 heteroatoms. The average Bonchev–Trinajstić information content (AvgIpc) is 3.06. The van der Waals surface area contributed by atoms with Crippen molar-refractivity contribution in [1.82, 2.24) is 5.32 Å². The molecule has 130 valence electrons. The van der Waals surface area contributed by atoms with Crippen LogP contribution in [-0.2, 0) is 18.9 Å². The summed E-state index contributed by atoms with van der Waals surface area (Å²) in [5, 5.41) is 3.54. The van der Waals surface area contributed by atoms with Crippen LogP contribution in [0.1, 0.15) is 23.7 Å². The zero-order valence-corrected chi connectivity index (χ0v) is 13.8. The lowest BCUT2D eigenvalue weighted by molar-refractivity contribution is -0.278. The molecule has 2 aromatic rings. The van der Waals surface area contributed by atoms with Gasteiger partial charge in [0.15, 0.2) is 12.6 Å². The average molecular weight is 339 g/mol. The highest BCUT2D eigenvalue weighted by atomic mass is 16.7. The van der Waals surface area contributed by atoms with Crippen LogP contribution in [0.25, 0.3) is 0 Å². The van der Waals surface area contributed by atoms with Gasteiger partial charge in [0.05, 0.1) is 25.3 Å². The summed E-state index contributed by atoms with van der Waals surface area (Å²) in [6.07, 6.45) is -0.771. The fraction of sp³-hybridized carbons (Fsp3) is 0.400. The molecule has 2 aromatic carbocycles. The SMILES string of the molecule is c1ccc(C2OC[C@H]3N[C@@H]4COC(c5ccccc5)O[C@@H]4[C@H]3O2)cc1. The Balaban J connectivity index is 1.34. The van der Waals surface area contributed by atoms with E-state index in [0.29, 0.717) is 13.2 Å². The van der Waals surface area contributed by atoms with Crippen molar-refractivity contribution in [2.75, 3.05) is 13.2 Å². The minimum absolute atomic E-state index is 0.0425. The summed E-state index contributed by atoms with van der Waals surface area (Å²) in [6.45, 7) is 1.22. The Morgan fingerprint density at radius 3 is 1.52 bits per heavy atom. The van der Waals surface area contributed by atoms with Crippen LogP contribution in [0.15, 0.2) is 60.7 Å². The van der Waals surface area contributed by atoms with Crippen LogP contribution in [-0.4, -0.2) is 37.5 Å². The smallest absolute Gasteiger partial charge is 0.184 e. The second-order valence-electron chi connectivity index (χ2n) is 6.73. The van der Waals surface area contributed by atoms with Gasteiger partial charge in [-0.05, 0) is 0 Å². The number of ether oxygens (including phenoxy) is 4. The van der Waals surface area contributed by atoms with Crippen molar-refractivity contribution in [1.29, 1.82) is 0 Å². The molecule has 2 unspecified atom stereocenters. The van der Waals surface area contributed by atoms with Gasteiger partial charge in [0.1, 0.15) is 12.2 Å². The molecule has 3 saturated heterocycles. The van der Waals surface area contributed by atoms with Crippen LogP contribution in [0.4, 0.5) is 0 Å². The maximum atomic E-state index is 6.28. The molecule has 6 atom stereocenters. The molecular formula is C20H21NO4. The third-order valence-electron chi connectivity index (χ3n) is 5.10. The highest BCUT2D eigenvalue weighted by Gasteiger charge is 2.51. The zero-order valence-electron chi connectivity index (χ0n) is 13.8. The van der Waals surface area contributed by atoms with Gasteiger partial charge in [-0.3, -0.25) is 0 Å². The van der Waals surface area contributed by atoms with Gasteiger partial charge in [-0.15, -0.1) is 0 Å². The second-order valence-corrected chi connectivity index (χ2v) is 6.73. The monoisotopic (exact) mass is 339 g/mol. The van der Waals surface area contributed by atoms with Crippen LogP contribution < -0.4 is 5.32 Å². The summed E-state index contributed by atoms with van der Waals surface area (Å²) in [7, 11) is 0. The van der Waals surface area contributed by atoms with E-state index in [9.17, 15) is 0 Å². The van der Waals surface area contributed by atoms with Crippen LogP contribution in [0, 0.1) is 0 Å². The maximum Gasteiger partial charge on any atom is 0.184 e. The molecular weight excluding hydrogens is 318 g/mol. The van der Waals surface area contributed by atoms with Crippen molar-refractivity contribution in [3.05, 3.63) is 71.8 Å². The van der Waals surface area contributed by atoms with E-state index < -0.39 is 0 Å². The Hall–Kier alpha value is -1.76. The van der Waals surface area contributed by atoms with E-state index in [0.717, 1.165) is 11.1 Å². The Kier molecular flexibility index (Phi) is 4.04. The molecule has 3 aliphatic heterocycles. The molecule has 0 aromatic heterocycles. The fourth-order valence-electron chi connectivity index (χ4n) is 3.87. The first-order valence-electron chi connectivity index (χ1n) is 8.78. The van der Waals surface area contributed by atoms with Gasteiger partial charge in [-0.25, -0.2) is 0 Å². The van der Waals surface area contributed by atoms with E-state index in [1.807, 2.05) is 60.7 Å². The van der Waals surface area contributed by atoms with Crippen molar-refractivity contribution in [3.63, 3.8) is 0 Å². The zero-order chi connectivity index (χ0) is 16.6. The molecule has 0 saturated carbocycles. The molecule has 0 amide bonds. The third-order valence-corrected chi connectivity index (χ3v) is 5.10. The number of benzene rings is 2. The lowest BCUT2D eigenvalue weighted by Gasteiger charge is -2.37. The van der Waals surface area contributed by atoms with E-state index >= 15 is 0 Å². The molecule has 5 nitrogen and oxygen atoms in total. The summed E-state index contributed by atoms with van der Waals surface area (Å²) in [6, 6.07) is 20.4. The van der Waals surface area contributed by atoms with Gasteiger partial charge in [0.2, 0.25) is 0 Å². The van der Waals surface area contributed by atoms with Crippen molar-refractivity contribution >= 4 is 0 Å². The Bertz CT molecular complexity index is 649. The minimum Gasteiger partial charge on any atom is -0.347 e. The van der Waals surface area contributed by atoms with Gasteiger partial charge >= 0.3 is 0 Å². The molecule has 0 aliphatic carbocycles. The molecule has 1 N–H and O–H groups in total. The largest absolute Gasteiger partial charge is 0.347 e. The molecule has 3 aliphatic rings. The van der Waals surface area contributed by atoms with E-state index in [2.05, 4.69) is 5.32 Å². The van der Waals surface area contributed by atoms with E-state index in [-0.39, 0.29) is 36.9 Å². The quantitative estimate of drug-likeness (QED) is 0.911. The van der Waals surface area contributed by atoms with Crippen molar-refractivity contribution in [3.8, 4) is 0 Å². The van der Waals surface area contributed by atoms with E-state index in [1.54, 1.807) is 0 Å². The molecule has 3 heterocycles. The second kappa shape index (κ2) is 6.52. The normalized spacial score (nSPS) is 37.3. The van der Waals surface area contributed by atoms with Crippen molar-refractivity contribution in [2.24, 2.45) is 0 Å². The lowest BCUT2D eigenvalue weighted by Crippen LogP contribution is -2.47. The molecule has 0 bridgehead atoms. The number of hydrogen-bond donors (Lipinski definition) is 1. The molecule has 0 spiro atoms. The lowest BCUT2D eigenvalue weighted by atomic mass is 10.0. The highest BCUT2D eigenvalue weighted by Crippen LogP contribution is 2.38. The van der Waals surface area contributed by atoms with Crippen molar-refractivity contribution in [2.45, 2.75) is 36.9 Å². The minimum atomic E-state index is -0.343.